The highest BCUT2D eigenvalue weighted by Crippen LogP contribution is 2.32. The highest BCUT2D eigenvalue weighted by molar-refractivity contribution is 5.94. The van der Waals surface area contributed by atoms with Gasteiger partial charge in [-0.1, -0.05) is 0 Å². The number of carbonyl (C=O) groups is 1. The third kappa shape index (κ3) is 5.29. The molecule has 0 radical (unpaired) electrons. The topological polar surface area (TPSA) is 66.3 Å². The van der Waals surface area contributed by atoms with Crippen LogP contribution in [0.2, 0.25) is 0 Å². The second-order valence-electron chi connectivity index (χ2n) is 7.79. The molecule has 0 aliphatic heterocycles. The Morgan fingerprint density at radius 1 is 1.19 bits per heavy atom. The van der Waals surface area contributed by atoms with Crippen molar-refractivity contribution in [2.45, 2.75) is 25.8 Å². The Balaban J connectivity index is 1.75. The zero-order valence-electron chi connectivity index (χ0n) is 16.8. The summed E-state index contributed by atoms with van der Waals surface area (Å²) in [7, 11) is 7.91. The first-order valence-corrected chi connectivity index (χ1v) is 9.57. The van der Waals surface area contributed by atoms with Gasteiger partial charge in [0, 0.05) is 56.9 Å². The number of rotatable bonds is 9. The molecule has 3 rings (SSSR count). The molecule has 0 aromatic carbocycles. The van der Waals surface area contributed by atoms with E-state index in [0.29, 0.717) is 18.4 Å². The van der Waals surface area contributed by atoms with Crippen LogP contribution < -0.4 is 10.2 Å². The van der Waals surface area contributed by atoms with E-state index in [1.807, 2.05) is 51.6 Å². The van der Waals surface area contributed by atoms with Gasteiger partial charge in [-0.2, -0.15) is 0 Å². The van der Waals surface area contributed by atoms with Crippen molar-refractivity contribution in [3.63, 3.8) is 0 Å². The van der Waals surface area contributed by atoms with Gasteiger partial charge in [-0.3, -0.25) is 4.79 Å². The van der Waals surface area contributed by atoms with Gasteiger partial charge < -0.3 is 19.7 Å². The molecular weight excluding hydrogens is 340 g/mol. The van der Waals surface area contributed by atoms with E-state index >= 15 is 0 Å². The third-order valence-corrected chi connectivity index (χ3v) is 4.72. The van der Waals surface area contributed by atoms with E-state index in [4.69, 9.17) is 0 Å². The zero-order valence-corrected chi connectivity index (χ0v) is 16.8. The van der Waals surface area contributed by atoms with E-state index in [-0.39, 0.29) is 5.91 Å². The molecule has 0 unspecified atom stereocenters. The molecule has 1 amide bonds. The molecule has 1 saturated carbocycles. The molecule has 0 spiro atoms. The third-order valence-electron chi connectivity index (χ3n) is 4.72. The van der Waals surface area contributed by atoms with Crippen LogP contribution in [0.15, 0.2) is 24.7 Å². The number of amides is 1. The van der Waals surface area contributed by atoms with Crippen molar-refractivity contribution >= 4 is 11.9 Å². The number of hydrogen-bond acceptors (Lipinski definition) is 5. The summed E-state index contributed by atoms with van der Waals surface area (Å²) in [4.78, 5) is 25.5. The summed E-state index contributed by atoms with van der Waals surface area (Å²) in [5.41, 5.74) is 2.63. The largest absolute Gasteiger partial charge is 0.351 e. The molecule has 1 fully saturated rings. The predicted octanol–water partition coefficient (Wildman–Crippen LogP) is 2.10. The number of carbonyl (C=O) groups excluding carboxylic acids is 1. The van der Waals surface area contributed by atoms with Gasteiger partial charge in [-0.15, -0.1) is 0 Å². The van der Waals surface area contributed by atoms with E-state index in [1.54, 1.807) is 0 Å². The Hall–Kier alpha value is -2.41. The molecule has 7 nitrogen and oxygen atoms in total. The summed E-state index contributed by atoms with van der Waals surface area (Å²) >= 11 is 0. The first-order valence-electron chi connectivity index (χ1n) is 9.57. The molecule has 146 valence electrons. The van der Waals surface area contributed by atoms with Crippen molar-refractivity contribution < 1.29 is 4.79 Å². The highest BCUT2D eigenvalue weighted by Gasteiger charge is 2.24. The van der Waals surface area contributed by atoms with Crippen molar-refractivity contribution in [2.75, 3.05) is 46.2 Å². The Labute approximate surface area is 161 Å². The van der Waals surface area contributed by atoms with Crippen LogP contribution in [0.3, 0.4) is 0 Å². The summed E-state index contributed by atoms with van der Waals surface area (Å²) in [5, 5.41) is 3.05. The lowest BCUT2D eigenvalue weighted by molar-refractivity contribution is 0.0942. The van der Waals surface area contributed by atoms with Gasteiger partial charge >= 0.3 is 0 Å². The Kier molecular flexibility index (Phi) is 6.11. The molecule has 1 aliphatic rings. The van der Waals surface area contributed by atoms with Crippen LogP contribution in [-0.2, 0) is 6.54 Å². The maximum absolute atomic E-state index is 12.7. The van der Waals surface area contributed by atoms with Crippen LogP contribution in [0, 0.1) is 5.92 Å². The van der Waals surface area contributed by atoms with Crippen molar-refractivity contribution in [3.05, 3.63) is 30.4 Å². The Bertz CT molecular complexity index is 761. The van der Waals surface area contributed by atoms with Crippen molar-refractivity contribution in [3.8, 4) is 11.1 Å². The number of anilines is 1. The minimum Gasteiger partial charge on any atom is -0.351 e. The predicted molar refractivity (Wildman–Crippen MR) is 108 cm³/mol. The lowest BCUT2D eigenvalue weighted by Gasteiger charge is -2.11. The summed E-state index contributed by atoms with van der Waals surface area (Å²) in [6, 6.07) is 1.96. The van der Waals surface area contributed by atoms with E-state index in [1.165, 1.54) is 12.8 Å². The lowest BCUT2D eigenvalue weighted by atomic mass is 10.2. The molecular formula is C20H30N6O. The number of nitrogens with zero attached hydrogens (tertiary/aromatic N) is 5. The van der Waals surface area contributed by atoms with Crippen LogP contribution >= 0.6 is 0 Å². The quantitative estimate of drug-likeness (QED) is 0.685. The molecule has 2 aromatic rings. The van der Waals surface area contributed by atoms with Gasteiger partial charge in [0.05, 0.1) is 0 Å². The van der Waals surface area contributed by atoms with Crippen LogP contribution in [0.25, 0.3) is 11.1 Å². The number of nitrogens with one attached hydrogen (secondary N) is 1. The standard InChI is InChI=1S/C20H30N6O/c1-24(2)9-5-8-21-19(27)18-10-16(14-26(18)13-15-6-7-15)17-11-22-20(23-12-17)25(3)4/h10-12,14-15H,5-9,13H2,1-4H3,(H,21,27). The minimum atomic E-state index is -0.00788. The average molecular weight is 371 g/mol. The molecule has 1 N–H and O–H groups in total. The lowest BCUT2D eigenvalue weighted by Crippen LogP contribution is -2.28. The average Bonchev–Trinajstić information content (AvgIpc) is 3.35. The van der Waals surface area contributed by atoms with Crippen LogP contribution in [-0.4, -0.2) is 66.6 Å². The Morgan fingerprint density at radius 2 is 1.89 bits per heavy atom. The minimum absolute atomic E-state index is 0.00788. The summed E-state index contributed by atoms with van der Waals surface area (Å²) < 4.78 is 2.09. The maximum Gasteiger partial charge on any atom is 0.267 e. The van der Waals surface area contributed by atoms with Crippen molar-refractivity contribution in [2.24, 2.45) is 5.92 Å². The fourth-order valence-corrected chi connectivity index (χ4v) is 2.98. The van der Waals surface area contributed by atoms with E-state index in [2.05, 4.69) is 30.9 Å². The fourth-order valence-electron chi connectivity index (χ4n) is 2.98. The number of hydrogen-bond donors (Lipinski definition) is 1. The van der Waals surface area contributed by atoms with Crippen molar-refractivity contribution in [1.82, 2.24) is 24.8 Å². The Morgan fingerprint density at radius 3 is 2.48 bits per heavy atom. The van der Waals surface area contributed by atoms with Crippen molar-refractivity contribution in [1.29, 1.82) is 0 Å². The van der Waals surface area contributed by atoms with E-state index in [9.17, 15) is 4.79 Å². The molecule has 0 saturated heterocycles. The van der Waals surface area contributed by atoms with Gasteiger partial charge in [0.2, 0.25) is 5.95 Å². The zero-order chi connectivity index (χ0) is 19.4. The van der Waals surface area contributed by atoms with Gasteiger partial charge in [0.15, 0.2) is 0 Å². The summed E-state index contributed by atoms with van der Waals surface area (Å²) in [6.45, 7) is 2.54. The van der Waals surface area contributed by atoms with E-state index in [0.717, 1.165) is 36.3 Å². The fraction of sp³-hybridized carbons (Fsp3) is 0.550. The second kappa shape index (κ2) is 8.52. The maximum atomic E-state index is 12.7. The molecule has 0 atom stereocenters. The smallest absolute Gasteiger partial charge is 0.267 e. The molecule has 2 heterocycles. The first kappa shape index (κ1) is 19.4. The van der Waals surface area contributed by atoms with Crippen LogP contribution in [0.1, 0.15) is 29.8 Å². The second-order valence-corrected chi connectivity index (χ2v) is 7.79. The molecule has 1 aliphatic carbocycles. The highest BCUT2D eigenvalue weighted by atomic mass is 16.1. The molecule has 7 heteroatoms. The van der Waals surface area contributed by atoms with Gasteiger partial charge in [-0.25, -0.2) is 9.97 Å². The van der Waals surface area contributed by atoms with Gasteiger partial charge in [0.25, 0.3) is 5.91 Å². The molecule has 2 aromatic heterocycles. The normalized spacial score (nSPS) is 13.8. The molecule has 0 bridgehead atoms. The van der Waals surface area contributed by atoms with E-state index < -0.39 is 0 Å². The summed E-state index contributed by atoms with van der Waals surface area (Å²) in [6.07, 6.45) is 9.13. The number of aromatic nitrogens is 3. The summed E-state index contributed by atoms with van der Waals surface area (Å²) in [5.74, 6) is 1.36. The van der Waals surface area contributed by atoms with Gasteiger partial charge in [-0.05, 0) is 51.9 Å². The first-order chi connectivity index (χ1) is 12.9. The SMILES string of the molecule is CN(C)CCCNC(=O)c1cc(-c2cnc(N(C)C)nc2)cn1CC1CC1. The van der Waals surface area contributed by atoms with Gasteiger partial charge in [0.1, 0.15) is 5.69 Å². The van der Waals surface area contributed by atoms with Crippen LogP contribution in [0.5, 0.6) is 0 Å². The molecule has 27 heavy (non-hydrogen) atoms. The van der Waals surface area contributed by atoms with Crippen LogP contribution in [0.4, 0.5) is 5.95 Å². The monoisotopic (exact) mass is 370 g/mol.